The largest absolute Gasteiger partial charge is 0.460 e. The van der Waals surface area contributed by atoms with Gasteiger partial charge in [0.05, 0.1) is 17.1 Å². The van der Waals surface area contributed by atoms with E-state index in [4.69, 9.17) is 16.0 Å². The van der Waals surface area contributed by atoms with E-state index in [9.17, 15) is 4.79 Å². The Morgan fingerprint density at radius 2 is 1.77 bits per heavy atom. The van der Waals surface area contributed by atoms with Crippen LogP contribution in [-0.2, 0) is 13.0 Å². The second-order valence-corrected chi connectivity index (χ2v) is 12.9. The maximum atomic E-state index is 13.8. The molecule has 0 saturated carbocycles. The molecule has 0 aliphatic carbocycles. The topological polar surface area (TPSA) is 60.8 Å². The summed E-state index contributed by atoms with van der Waals surface area (Å²) in [4.78, 5) is 18.6. The average molecular weight is 649 g/mol. The number of aryl methyl sites for hydroxylation is 1. The lowest BCUT2D eigenvalue weighted by Crippen LogP contribution is -2.46. The molecule has 3 aromatic carbocycles. The summed E-state index contributed by atoms with van der Waals surface area (Å²) < 4.78 is 6.20. The van der Waals surface area contributed by atoms with Crippen molar-refractivity contribution in [1.82, 2.24) is 20.4 Å². The SMILES string of the molecule is C=CC#Cc1ccc(C[C@H](CCN2CCN(C)CC2)NC(=O)c2cc(-c3ccc(CN[C@H](C)c4ccc(C)cc4)o3)ccc2Cl)cc1. The van der Waals surface area contributed by atoms with Gasteiger partial charge in [-0.25, -0.2) is 0 Å². The van der Waals surface area contributed by atoms with Crippen molar-refractivity contribution in [2.24, 2.45) is 0 Å². The molecule has 1 amide bonds. The molecule has 0 spiro atoms. The fourth-order valence-electron chi connectivity index (χ4n) is 5.75. The molecule has 1 saturated heterocycles. The Balaban J connectivity index is 1.26. The Bertz CT molecular complexity index is 1690. The number of amides is 1. The van der Waals surface area contributed by atoms with Crippen LogP contribution in [0.1, 0.15) is 57.8 Å². The minimum absolute atomic E-state index is 0.0659. The third kappa shape index (κ3) is 9.93. The van der Waals surface area contributed by atoms with Crippen molar-refractivity contribution in [3.05, 3.63) is 130 Å². The molecule has 1 aliphatic heterocycles. The summed E-state index contributed by atoms with van der Waals surface area (Å²) in [7, 11) is 2.16. The van der Waals surface area contributed by atoms with E-state index < -0.39 is 0 Å². The number of halogens is 1. The molecule has 6 nitrogen and oxygen atoms in total. The normalized spacial score (nSPS) is 15.0. The minimum Gasteiger partial charge on any atom is -0.460 e. The molecule has 0 radical (unpaired) electrons. The van der Waals surface area contributed by atoms with Crippen molar-refractivity contribution >= 4 is 17.5 Å². The van der Waals surface area contributed by atoms with E-state index in [1.165, 1.54) is 11.1 Å². The van der Waals surface area contributed by atoms with Gasteiger partial charge in [-0.15, -0.1) is 0 Å². The Kier molecular flexibility index (Phi) is 12.1. The number of rotatable bonds is 12. The molecule has 4 aromatic rings. The number of carbonyl (C=O) groups excluding carboxylic acids is 1. The van der Waals surface area contributed by atoms with Crippen LogP contribution in [0.15, 0.2) is 95.9 Å². The van der Waals surface area contributed by atoms with Crippen molar-refractivity contribution in [1.29, 1.82) is 0 Å². The number of carbonyl (C=O) groups is 1. The first-order chi connectivity index (χ1) is 22.8. The quantitative estimate of drug-likeness (QED) is 0.158. The number of nitrogens with one attached hydrogen (secondary N) is 2. The predicted octanol–water partition coefficient (Wildman–Crippen LogP) is 7.28. The number of hydrogen-bond donors (Lipinski definition) is 2. The maximum absolute atomic E-state index is 13.8. The maximum Gasteiger partial charge on any atom is 0.253 e. The highest BCUT2D eigenvalue weighted by atomic mass is 35.5. The van der Waals surface area contributed by atoms with Crippen molar-refractivity contribution in [3.63, 3.8) is 0 Å². The molecule has 1 aliphatic rings. The Hall–Kier alpha value is -4.12. The number of benzene rings is 3. The molecule has 47 heavy (non-hydrogen) atoms. The Labute approximate surface area is 284 Å². The van der Waals surface area contributed by atoms with Crippen molar-refractivity contribution in [2.45, 2.75) is 45.3 Å². The molecule has 2 N–H and O–H groups in total. The molecule has 0 unspecified atom stereocenters. The highest BCUT2D eigenvalue weighted by Crippen LogP contribution is 2.28. The van der Waals surface area contributed by atoms with Crippen molar-refractivity contribution in [3.8, 4) is 23.2 Å². The lowest BCUT2D eigenvalue weighted by atomic mass is 10.0. The monoisotopic (exact) mass is 648 g/mol. The van der Waals surface area contributed by atoms with Gasteiger partial charge in [-0.05, 0) is 93.4 Å². The van der Waals surface area contributed by atoms with Crippen LogP contribution in [0.3, 0.4) is 0 Å². The summed E-state index contributed by atoms with van der Waals surface area (Å²) in [5.74, 6) is 7.30. The number of piperazine rings is 1. The number of likely N-dealkylation sites (N-methyl/N-ethyl adjacent to an activating group) is 1. The fraction of sp³-hybridized carbons (Fsp3) is 0.325. The van der Waals surface area contributed by atoms with Crippen LogP contribution in [0.4, 0.5) is 0 Å². The van der Waals surface area contributed by atoms with Gasteiger partial charge in [0.2, 0.25) is 0 Å². The summed E-state index contributed by atoms with van der Waals surface area (Å²) >= 11 is 6.62. The summed E-state index contributed by atoms with van der Waals surface area (Å²) in [6.45, 7) is 13.6. The standard InChI is InChI=1S/C40H45ClN4O2/c1-5-6-7-31-10-12-32(13-11-31)26-35(20-21-45-24-22-44(4)23-25-45)43-40(46)37-27-34(16-18-38(37)41)39-19-17-36(47-39)28-42-30(3)33-14-8-29(2)9-15-33/h5,8-19,27,30,35,42H,1,20-26,28H2,2-4H3,(H,43,46)/t30-,35+/m1/s1. The molecular weight excluding hydrogens is 604 g/mol. The zero-order chi connectivity index (χ0) is 33.2. The van der Waals surface area contributed by atoms with Crippen molar-refractivity contribution in [2.75, 3.05) is 39.8 Å². The first kappa shape index (κ1) is 34.2. The Morgan fingerprint density at radius 3 is 2.49 bits per heavy atom. The van der Waals surface area contributed by atoms with Gasteiger partial charge >= 0.3 is 0 Å². The van der Waals surface area contributed by atoms with Gasteiger partial charge in [0.1, 0.15) is 11.5 Å². The molecule has 1 aromatic heterocycles. The highest BCUT2D eigenvalue weighted by Gasteiger charge is 2.21. The van der Waals surface area contributed by atoms with Gasteiger partial charge in [0, 0.05) is 55.9 Å². The minimum atomic E-state index is -0.186. The summed E-state index contributed by atoms with van der Waals surface area (Å²) in [5, 5.41) is 7.26. The van der Waals surface area contributed by atoms with Gasteiger partial charge < -0.3 is 24.9 Å². The second kappa shape index (κ2) is 16.6. The van der Waals surface area contributed by atoms with E-state index >= 15 is 0 Å². The summed E-state index contributed by atoms with van der Waals surface area (Å²) in [6.07, 6.45) is 3.13. The zero-order valence-electron chi connectivity index (χ0n) is 27.7. The number of nitrogens with zero attached hydrogens (tertiary/aromatic N) is 2. The number of hydrogen-bond acceptors (Lipinski definition) is 5. The van der Waals surface area contributed by atoms with Crippen LogP contribution in [0, 0.1) is 18.8 Å². The molecule has 7 heteroatoms. The molecule has 0 bridgehead atoms. The smallest absolute Gasteiger partial charge is 0.253 e. The molecule has 2 heterocycles. The number of allylic oxidation sites excluding steroid dienone is 1. The lowest BCUT2D eigenvalue weighted by Gasteiger charge is -2.33. The van der Waals surface area contributed by atoms with E-state index in [0.717, 1.165) is 61.6 Å². The lowest BCUT2D eigenvalue weighted by molar-refractivity contribution is 0.0927. The number of furan rings is 1. The third-order valence-electron chi connectivity index (χ3n) is 8.80. The first-order valence-electron chi connectivity index (χ1n) is 16.4. The van der Waals surface area contributed by atoms with Gasteiger partial charge in [-0.2, -0.15) is 0 Å². The van der Waals surface area contributed by atoms with E-state index in [1.54, 1.807) is 12.1 Å². The highest BCUT2D eigenvalue weighted by molar-refractivity contribution is 6.34. The summed E-state index contributed by atoms with van der Waals surface area (Å²) in [6, 6.07) is 26.3. The molecule has 1 fully saturated rings. The van der Waals surface area contributed by atoms with Crippen LogP contribution in [-0.4, -0.2) is 61.5 Å². The van der Waals surface area contributed by atoms with Crippen molar-refractivity contribution < 1.29 is 9.21 Å². The second-order valence-electron chi connectivity index (χ2n) is 12.5. The van der Waals surface area contributed by atoms with Crippen LogP contribution in [0.5, 0.6) is 0 Å². The van der Waals surface area contributed by atoms with Gasteiger partial charge in [-0.3, -0.25) is 4.79 Å². The van der Waals surface area contributed by atoms with Gasteiger partial charge in [0.15, 0.2) is 0 Å². The predicted molar refractivity (Wildman–Crippen MR) is 193 cm³/mol. The fourth-order valence-corrected chi connectivity index (χ4v) is 5.95. The molecule has 5 rings (SSSR count). The van der Waals surface area contributed by atoms with E-state index in [1.807, 2.05) is 36.4 Å². The third-order valence-corrected chi connectivity index (χ3v) is 9.13. The molecular formula is C40H45ClN4O2. The van der Waals surface area contributed by atoms with Gasteiger partial charge in [-0.1, -0.05) is 72.0 Å². The summed E-state index contributed by atoms with van der Waals surface area (Å²) in [5.41, 5.74) is 5.80. The van der Waals surface area contributed by atoms with Crippen LogP contribution < -0.4 is 10.6 Å². The zero-order valence-corrected chi connectivity index (χ0v) is 28.4. The van der Waals surface area contributed by atoms with E-state index in [-0.39, 0.29) is 18.0 Å². The van der Waals surface area contributed by atoms with Gasteiger partial charge in [0.25, 0.3) is 5.91 Å². The first-order valence-corrected chi connectivity index (χ1v) is 16.8. The van der Waals surface area contributed by atoms with E-state index in [0.29, 0.717) is 29.3 Å². The van der Waals surface area contributed by atoms with E-state index in [2.05, 4.69) is 96.1 Å². The molecule has 2 atom stereocenters. The van der Waals surface area contributed by atoms with Crippen LogP contribution in [0.25, 0.3) is 11.3 Å². The molecule has 244 valence electrons. The van der Waals surface area contributed by atoms with Crippen LogP contribution in [0.2, 0.25) is 5.02 Å². The Morgan fingerprint density at radius 1 is 1.02 bits per heavy atom. The van der Waals surface area contributed by atoms with Crippen LogP contribution >= 0.6 is 11.6 Å². The average Bonchev–Trinajstić information content (AvgIpc) is 3.56.